The number of fused-ring (bicyclic) bond motifs is 2. The van der Waals surface area contributed by atoms with Gasteiger partial charge in [0.25, 0.3) is 0 Å². The lowest BCUT2D eigenvalue weighted by Crippen LogP contribution is -2.23. The van der Waals surface area contributed by atoms with Crippen LogP contribution in [0, 0.1) is 11.8 Å². The zero-order valence-electron chi connectivity index (χ0n) is 5.42. The summed E-state index contributed by atoms with van der Waals surface area (Å²) in [6.07, 6.45) is 2.38. The fourth-order valence-electron chi connectivity index (χ4n) is 1.98. The van der Waals surface area contributed by atoms with Gasteiger partial charge < -0.3 is 9.69 Å². The van der Waals surface area contributed by atoms with E-state index in [1.54, 1.807) is 0 Å². The molecule has 2 heterocycles. The van der Waals surface area contributed by atoms with Crippen LogP contribution >= 0.6 is 0 Å². The predicted octanol–water partition coefficient (Wildman–Crippen LogP) is 0.137. The molecule has 2 fully saturated rings. The maximum absolute atomic E-state index is 10.4. The molecule has 0 aromatic carbocycles. The largest absolute Gasteiger partial charge is 0.303 e. The Morgan fingerprint density at radius 3 is 2.67 bits per heavy atom. The lowest BCUT2D eigenvalue weighted by molar-refractivity contribution is -0.112. The van der Waals surface area contributed by atoms with Crippen LogP contribution < -0.4 is 0 Å². The van der Waals surface area contributed by atoms with E-state index < -0.39 is 0 Å². The van der Waals surface area contributed by atoms with Crippen molar-refractivity contribution in [3.8, 4) is 0 Å². The predicted molar refractivity (Wildman–Crippen MR) is 34.1 cm³/mol. The highest BCUT2D eigenvalue weighted by Crippen LogP contribution is 2.31. The fourth-order valence-corrected chi connectivity index (χ4v) is 1.98. The quantitative estimate of drug-likeness (QED) is 0.464. The zero-order chi connectivity index (χ0) is 6.27. The molecule has 50 valence electrons. The Bertz CT molecular complexity index is 135. The van der Waals surface area contributed by atoms with E-state index in [4.69, 9.17) is 0 Å². The number of nitrogens with zero attached hydrogens (tertiary/aromatic N) is 1. The van der Waals surface area contributed by atoms with Crippen molar-refractivity contribution in [1.29, 1.82) is 0 Å². The normalized spacial score (nSPS) is 47.8. The molecule has 2 rings (SSSR count). The van der Waals surface area contributed by atoms with Crippen molar-refractivity contribution in [2.75, 3.05) is 19.6 Å². The molecule has 2 bridgehead atoms. The minimum Gasteiger partial charge on any atom is -0.303 e. The zero-order valence-corrected chi connectivity index (χ0v) is 5.42. The van der Waals surface area contributed by atoms with Crippen LogP contribution in [0.5, 0.6) is 0 Å². The lowest BCUT2D eigenvalue weighted by atomic mass is 9.94. The van der Waals surface area contributed by atoms with Gasteiger partial charge in [0.2, 0.25) is 0 Å². The second kappa shape index (κ2) is 1.81. The van der Waals surface area contributed by atoms with Crippen molar-refractivity contribution in [2.45, 2.75) is 6.42 Å². The van der Waals surface area contributed by atoms with Crippen LogP contribution in [-0.2, 0) is 4.79 Å². The number of piperidine rings is 1. The van der Waals surface area contributed by atoms with E-state index >= 15 is 0 Å². The van der Waals surface area contributed by atoms with Crippen LogP contribution in [0.2, 0.25) is 0 Å². The van der Waals surface area contributed by atoms with Gasteiger partial charge in [-0.1, -0.05) is 0 Å². The van der Waals surface area contributed by atoms with Crippen LogP contribution in [0.4, 0.5) is 0 Å². The summed E-state index contributed by atoms with van der Waals surface area (Å²) in [5, 5.41) is 0. The van der Waals surface area contributed by atoms with E-state index in [0.717, 1.165) is 12.8 Å². The van der Waals surface area contributed by atoms with Gasteiger partial charge in [0.1, 0.15) is 6.29 Å². The van der Waals surface area contributed by atoms with Crippen molar-refractivity contribution in [2.24, 2.45) is 11.8 Å². The van der Waals surface area contributed by atoms with E-state index in [1.807, 2.05) is 0 Å². The first kappa shape index (κ1) is 5.42. The van der Waals surface area contributed by atoms with E-state index in [9.17, 15) is 4.79 Å². The molecular formula is C7H11NO. The number of carbonyl (C=O) groups is 1. The second-order valence-electron chi connectivity index (χ2n) is 3.11. The first-order chi connectivity index (χ1) is 4.40. The molecule has 0 spiro atoms. The molecule has 2 heteroatoms. The average Bonchev–Trinajstić information content (AvgIpc) is 2.45. The van der Waals surface area contributed by atoms with Gasteiger partial charge in [-0.25, -0.2) is 0 Å². The van der Waals surface area contributed by atoms with Crippen molar-refractivity contribution in [3.05, 3.63) is 0 Å². The first-order valence-electron chi connectivity index (χ1n) is 3.58. The Hall–Kier alpha value is -0.370. The summed E-state index contributed by atoms with van der Waals surface area (Å²) in [5.74, 6) is 1.08. The number of aldehydes is 1. The molecule has 2 aliphatic heterocycles. The number of rotatable bonds is 1. The Kier molecular flexibility index (Phi) is 1.09. The highest BCUT2D eigenvalue weighted by Gasteiger charge is 2.37. The van der Waals surface area contributed by atoms with Crippen LogP contribution in [0.1, 0.15) is 6.42 Å². The van der Waals surface area contributed by atoms with Crippen molar-refractivity contribution < 1.29 is 4.79 Å². The molecule has 0 aliphatic carbocycles. The highest BCUT2D eigenvalue weighted by atomic mass is 16.1. The maximum atomic E-state index is 10.4. The lowest BCUT2D eigenvalue weighted by Gasteiger charge is -2.15. The van der Waals surface area contributed by atoms with Crippen LogP contribution in [0.3, 0.4) is 0 Å². The Labute approximate surface area is 54.8 Å². The third-order valence-electron chi connectivity index (χ3n) is 2.56. The standard InChI is InChI=1S/C7H11NO/c9-5-7-4-8-2-1-6(7)3-8/h5-7H,1-4H2/t6-,7-/m0/s1. The summed E-state index contributed by atoms with van der Waals surface area (Å²) in [5.41, 5.74) is 0. The van der Waals surface area contributed by atoms with E-state index in [2.05, 4.69) is 4.90 Å². The summed E-state index contributed by atoms with van der Waals surface area (Å²) in [7, 11) is 0. The van der Waals surface area contributed by atoms with Gasteiger partial charge in [0, 0.05) is 19.0 Å². The molecular weight excluding hydrogens is 114 g/mol. The molecule has 2 saturated heterocycles. The summed E-state index contributed by atoms with van der Waals surface area (Å²) >= 11 is 0. The fraction of sp³-hybridized carbons (Fsp3) is 0.857. The van der Waals surface area contributed by atoms with Crippen molar-refractivity contribution in [1.82, 2.24) is 4.90 Å². The molecule has 0 amide bonds. The van der Waals surface area contributed by atoms with Gasteiger partial charge in [-0.2, -0.15) is 0 Å². The Morgan fingerprint density at radius 2 is 2.33 bits per heavy atom. The number of hydrogen-bond acceptors (Lipinski definition) is 2. The average molecular weight is 125 g/mol. The second-order valence-corrected chi connectivity index (χ2v) is 3.11. The third kappa shape index (κ3) is 0.697. The van der Waals surface area contributed by atoms with Crippen LogP contribution in [0.25, 0.3) is 0 Å². The molecule has 2 aliphatic rings. The smallest absolute Gasteiger partial charge is 0.124 e. The molecule has 1 unspecified atom stereocenters. The number of carbonyl (C=O) groups excluding carboxylic acids is 1. The maximum Gasteiger partial charge on any atom is 0.124 e. The Morgan fingerprint density at radius 1 is 1.44 bits per heavy atom. The summed E-state index contributed by atoms with van der Waals surface area (Å²) in [6, 6.07) is 0. The van der Waals surface area contributed by atoms with Crippen LogP contribution in [0.15, 0.2) is 0 Å². The van der Waals surface area contributed by atoms with Gasteiger partial charge in [-0.15, -0.1) is 0 Å². The third-order valence-corrected chi connectivity index (χ3v) is 2.56. The van der Waals surface area contributed by atoms with E-state index in [0.29, 0.717) is 11.8 Å². The SMILES string of the molecule is O=C[C@@H]1CN2CC[C@H]1C2. The van der Waals surface area contributed by atoms with Crippen molar-refractivity contribution in [3.63, 3.8) is 0 Å². The molecule has 3 atom stereocenters. The van der Waals surface area contributed by atoms with Crippen molar-refractivity contribution >= 4 is 6.29 Å². The van der Waals surface area contributed by atoms with Gasteiger partial charge >= 0.3 is 0 Å². The summed E-state index contributed by atoms with van der Waals surface area (Å²) in [6.45, 7) is 3.45. The topological polar surface area (TPSA) is 20.3 Å². The minimum atomic E-state index is 0.374. The summed E-state index contributed by atoms with van der Waals surface area (Å²) < 4.78 is 0. The molecule has 0 aromatic rings. The van der Waals surface area contributed by atoms with E-state index in [-0.39, 0.29) is 0 Å². The van der Waals surface area contributed by atoms with Gasteiger partial charge in [-0.3, -0.25) is 0 Å². The van der Waals surface area contributed by atoms with Gasteiger partial charge in [0.05, 0.1) is 0 Å². The van der Waals surface area contributed by atoms with E-state index in [1.165, 1.54) is 19.5 Å². The molecule has 2 nitrogen and oxygen atoms in total. The first-order valence-corrected chi connectivity index (χ1v) is 3.58. The highest BCUT2D eigenvalue weighted by molar-refractivity contribution is 5.55. The Balaban J connectivity index is 2.09. The molecule has 9 heavy (non-hydrogen) atoms. The minimum absolute atomic E-state index is 0.374. The molecule has 0 aromatic heterocycles. The number of hydrogen-bond donors (Lipinski definition) is 0. The summed E-state index contributed by atoms with van der Waals surface area (Å²) in [4.78, 5) is 12.7. The molecule has 0 saturated carbocycles. The van der Waals surface area contributed by atoms with Gasteiger partial charge in [0.15, 0.2) is 0 Å². The monoisotopic (exact) mass is 125 g/mol. The molecule has 0 radical (unpaired) electrons. The van der Waals surface area contributed by atoms with Crippen LogP contribution in [-0.4, -0.2) is 30.8 Å². The molecule has 0 N–H and O–H groups in total. The van der Waals surface area contributed by atoms with Gasteiger partial charge in [-0.05, 0) is 18.9 Å².